The van der Waals surface area contributed by atoms with Crippen LogP contribution in [0.4, 0.5) is 11.4 Å². The van der Waals surface area contributed by atoms with Crippen LogP contribution in [-0.4, -0.2) is 42.9 Å². The monoisotopic (exact) mass is 350 g/mol. The minimum atomic E-state index is -3.68. The molecule has 1 aliphatic heterocycles. The SMILES string of the molecule is CS(=O)(=O)c1cccc(N2CCCC(c3ccn[nH]3)C2)c1[N+](=O)[O-]. The predicted octanol–water partition coefficient (Wildman–Crippen LogP) is 2.11. The summed E-state index contributed by atoms with van der Waals surface area (Å²) in [5, 5.41) is 18.4. The van der Waals surface area contributed by atoms with Crippen molar-refractivity contribution in [2.45, 2.75) is 23.7 Å². The summed E-state index contributed by atoms with van der Waals surface area (Å²) in [5.74, 6) is 0.183. The molecule has 0 radical (unpaired) electrons. The van der Waals surface area contributed by atoms with Gasteiger partial charge in [0.15, 0.2) is 9.84 Å². The molecule has 1 fully saturated rings. The van der Waals surface area contributed by atoms with Crippen LogP contribution >= 0.6 is 0 Å². The third kappa shape index (κ3) is 3.12. The summed E-state index contributed by atoms with van der Waals surface area (Å²) >= 11 is 0. The molecular weight excluding hydrogens is 332 g/mol. The lowest BCUT2D eigenvalue weighted by Crippen LogP contribution is -2.35. The molecule has 0 amide bonds. The van der Waals surface area contributed by atoms with Crippen LogP contribution < -0.4 is 4.90 Å². The van der Waals surface area contributed by atoms with Gasteiger partial charge in [-0.05, 0) is 31.0 Å². The summed E-state index contributed by atoms with van der Waals surface area (Å²) in [6.07, 6.45) is 4.49. The lowest BCUT2D eigenvalue weighted by Gasteiger charge is -2.33. The second-order valence-electron chi connectivity index (χ2n) is 5.95. The maximum absolute atomic E-state index is 11.9. The smallest absolute Gasteiger partial charge is 0.311 e. The number of rotatable bonds is 4. The van der Waals surface area contributed by atoms with Gasteiger partial charge in [-0.25, -0.2) is 8.42 Å². The van der Waals surface area contributed by atoms with E-state index in [9.17, 15) is 18.5 Å². The summed E-state index contributed by atoms with van der Waals surface area (Å²) in [4.78, 5) is 12.6. The normalized spacial score (nSPS) is 18.5. The molecule has 1 aromatic carbocycles. The fourth-order valence-electron chi connectivity index (χ4n) is 3.19. The van der Waals surface area contributed by atoms with Gasteiger partial charge >= 0.3 is 5.69 Å². The van der Waals surface area contributed by atoms with Crippen LogP contribution in [0.5, 0.6) is 0 Å². The van der Waals surface area contributed by atoms with Crippen molar-refractivity contribution >= 4 is 21.2 Å². The van der Waals surface area contributed by atoms with Gasteiger partial charge in [0.05, 0.1) is 4.92 Å². The van der Waals surface area contributed by atoms with Gasteiger partial charge in [0.25, 0.3) is 0 Å². The predicted molar refractivity (Wildman–Crippen MR) is 89.0 cm³/mol. The van der Waals surface area contributed by atoms with Crippen molar-refractivity contribution < 1.29 is 13.3 Å². The molecule has 0 spiro atoms. The van der Waals surface area contributed by atoms with Crippen molar-refractivity contribution in [3.63, 3.8) is 0 Å². The van der Waals surface area contributed by atoms with Crippen LogP contribution in [0.15, 0.2) is 35.4 Å². The number of hydrogen-bond acceptors (Lipinski definition) is 6. The number of piperidine rings is 1. The molecule has 1 aromatic heterocycles. The third-order valence-corrected chi connectivity index (χ3v) is 5.41. The van der Waals surface area contributed by atoms with E-state index in [2.05, 4.69) is 10.2 Å². The molecule has 2 aromatic rings. The van der Waals surface area contributed by atoms with Crippen molar-refractivity contribution in [3.05, 3.63) is 46.3 Å². The first-order valence-corrected chi connectivity index (χ1v) is 9.48. The summed E-state index contributed by atoms with van der Waals surface area (Å²) < 4.78 is 23.8. The van der Waals surface area contributed by atoms with Gasteiger partial charge in [-0.2, -0.15) is 5.10 Å². The number of nitrogens with one attached hydrogen (secondary N) is 1. The van der Waals surface area contributed by atoms with Gasteiger partial charge in [0, 0.05) is 37.2 Å². The number of anilines is 1. The summed E-state index contributed by atoms with van der Waals surface area (Å²) in [6, 6.07) is 6.35. The Labute approximate surface area is 139 Å². The van der Waals surface area contributed by atoms with E-state index in [4.69, 9.17) is 0 Å². The zero-order valence-electron chi connectivity index (χ0n) is 13.2. The van der Waals surface area contributed by atoms with Gasteiger partial charge < -0.3 is 4.90 Å². The van der Waals surface area contributed by atoms with E-state index in [0.29, 0.717) is 18.8 Å². The van der Waals surface area contributed by atoms with Crippen molar-refractivity contribution in [2.24, 2.45) is 0 Å². The van der Waals surface area contributed by atoms with Crippen molar-refractivity contribution in [1.82, 2.24) is 10.2 Å². The number of nitrogens with zero attached hydrogens (tertiary/aromatic N) is 3. The second kappa shape index (κ2) is 6.23. The highest BCUT2D eigenvalue weighted by Gasteiger charge is 2.31. The summed E-state index contributed by atoms with van der Waals surface area (Å²) in [7, 11) is -3.68. The lowest BCUT2D eigenvalue weighted by molar-refractivity contribution is -0.387. The summed E-state index contributed by atoms with van der Waals surface area (Å²) in [6.45, 7) is 1.23. The molecule has 1 aliphatic rings. The molecule has 1 atom stereocenters. The fraction of sp³-hybridized carbons (Fsp3) is 0.400. The Morgan fingerprint density at radius 1 is 1.38 bits per heavy atom. The zero-order valence-corrected chi connectivity index (χ0v) is 14.0. The van der Waals surface area contributed by atoms with Crippen molar-refractivity contribution in [2.75, 3.05) is 24.2 Å². The Balaban J connectivity index is 2.01. The number of aromatic amines is 1. The van der Waals surface area contributed by atoms with Gasteiger partial charge in [-0.3, -0.25) is 15.2 Å². The van der Waals surface area contributed by atoms with Crippen molar-refractivity contribution in [3.8, 4) is 0 Å². The highest BCUT2D eigenvalue weighted by Crippen LogP contribution is 2.37. The molecule has 128 valence electrons. The van der Waals surface area contributed by atoms with Gasteiger partial charge in [0.1, 0.15) is 10.6 Å². The third-order valence-electron chi connectivity index (χ3n) is 4.28. The van der Waals surface area contributed by atoms with E-state index in [1.54, 1.807) is 18.3 Å². The molecule has 0 aliphatic carbocycles. The van der Waals surface area contributed by atoms with E-state index in [-0.39, 0.29) is 16.5 Å². The highest BCUT2D eigenvalue weighted by atomic mass is 32.2. The molecule has 2 heterocycles. The van der Waals surface area contributed by atoms with Crippen LogP contribution in [0.2, 0.25) is 0 Å². The summed E-state index contributed by atoms with van der Waals surface area (Å²) in [5.41, 5.74) is 0.999. The second-order valence-corrected chi connectivity index (χ2v) is 7.93. The minimum Gasteiger partial charge on any atom is -0.365 e. The number of benzene rings is 1. The number of para-hydroxylation sites is 1. The van der Waals surface area contributed by atoms with Crippen LogP contribution in [0, 0.1) is 10.1 Å². The number of nitro groups is 1. The molecule has 9 heteroatoms. The first-order chi connectivity index (χ1) is 11.4. The maximum atomic E-state index is 11.9. The van der Waals surface area contributed by atoms with E-state index in [0.717, 1.165) is 24.8 Å². The number of aromatic nitrogens is 2. The van der Waals surface area contributed by atoms with E-state index < -0.39 is 14.8 Å². The van der Waals surface area contributed by atoms with Gasteiger partial charge in [0.2, 0.25) is 0 Å². The molecule has 3 rings (SSSR count). The molecule has 0 saturated carbocycles. The largest absolute Gasteiger partial charge is 0.365 e. The number of H-pyrrole nitrogens is 1. The maximum Gasteiger partial charge on any atom is 0.311 e. The fourth-order valence-corrected chi connectivity index (χ4v) is 4.05. The van der Waals surface area contributed by atoms with Gasteiger partial charge in [-0.15, -0.1) is 0 Å². The molecular formula is C15H18N4O4S. The number of nitro benzene ring substituents is 1. The Hall–Kier alpha value is -2.42. The molecule has 1 unspecified atom stereocenters. The van der Waals surface area contributed by atoms with Crippen LogP contribution in [0.1, 0.15) is 24.5 Å². The average molecular weight is 350 g/mol. The quantitative estimate of drug-likeness (QED) is 0.668. The highest BCUT2D eigenvalue weighted by molar-refractivity contribution is 7.90. The van der Waals surface area contributed by atoms with E-state index >= 15 is 0 Å². The Morgan fingerprint density at radius 2 is 2.17 bits per heavy atom. The average Bonchev–Trinajstić information content (AvgIpc) is 3.08. The molecule has 1 N–H and O–H groups in total. The number of sulfone groups is 1. The van der Waals surface area contributed by atoms with Crippen LogP contribution in [0.3, 0.4) is 0 Å². The van der Waals surface area contributed by atoms with E-state index in [1.165, 1.54) is 6.07 Å². The molecule has 8 nitrogen and oxygen atoms in total. The van der Waals surface area contributed by atoms with Crippen LogP contribution in [0.25, 0.3) is 0 Å². The Bertz CT molecular complexity index is 848. The first kappa shape index (κ1) is 16.4. The Kier molecular flexibility index (Phi) is 4.27. The first-order valence-electron chi connectivity index (χ1n) is 7.59. The standard InChI is InChI=1S/C15H18N4O4S/c1-24(22,23)14-6-2-5-13(15(14)19(20)21)18-9-3-4-11(10-18)12-7-8-16-17-12/h2,5-8,11H,3-4,9-10H2,1H3,(H,16,17). The van der Waals surface area contributed by atoms with Crippen LogP contribution in [-0.2, 0) is 9.84 Å². The van der Waals surface area contributed by atoms with Gasteiger partial charge in [-0.1, -0.05) is 6.07 Å². The molecule has 24 heavy (non-hydrogen) atoms. The molecule has 1 saturated heterocycles. The van der Waals surface area contributed by atoms with E-state index in [1.807, 2.05) is 11.0 Å². The molecule has 0 bridgehead atoms. The zero-order chi connectivity index (χ0) is 17.3. The lowest BCUT2D eigenvalue weighted by atomic mass is 9.94. The van der Waals surface area contributed by atoms with Crippen molar-refractivity contribution in [1.29, 1.82) is 0 Å². The Morgan fingerprint density at radius 3 is 2.79 bits per heavy atom. The number of hydrogen-bond donors (Lipinski definition) is 1. The topological polar surface area (TPSA) is 109 Å². The minimum absolute atomic E-state index is 0.183.